The molecule has 0 N–H and O–H groups in total. The Bertz CT molecular complexity index is 942. The highest BCUT2D eigenvalue weighted by Crippen LogP contribution is 2.17. The Morgan fingerprint density at radius 2 is 1.88 bits per heavy atom. The molecule has 0 radical (unpaired) electrons. The molecule has 7 heteroatoms. The number of anilines is 1. The maximum absolute atomic E-state index is 12.6. The zero-order valence-electron chi connectivity index (χ0n) is 15.1. The van der Waals surface area contributed by atoms with Crippen LogP contribution in [0.5, 0.6) is 0 Å². The molecule has 4 rings (SSSR count). The maximum Gasteiger partial charge on any atom is 0.256 e. The second kappa shape index (κ2) is 6.74. The van der Waals surface area contributed by atoms with Crippen LogP contribution in [0.3, 0.4) is 0 Å². The van der Waals surface area contributed by atoms with Crippen molar-refractivity contribution in [2.45, 2.75) is 20.3 Å². The van der Waals surface area contributed by atoms with Crippen LogP contribution in [0.15, 0.2) is 36.7 Å². The average molecular weight is 350 g/mol. The summed E-state index contributed by atoms with van der Waals surface area (Å²) in [5.41, 5.74) is 3.32. The molecule has 0 aliphatic carbocycles. The second-order valence-corrected chi connectivity index (χ2v) is 6.73. The van der Waals surface area contributed by atoms with Crippen molar-refractivity contribution in [2.24, 2.45) is 0 Å². The molecule has 0 saturated carbocycles. The molecule has 26 heavy (non-hydrogen) atoms. The van der Waals surface area contributed by atoms with Crippen LogP contribution in [-0.2, 0) is 11.2 Å². The van der Waals surface area contributed by atoms with E-state index in [2.05, 4.69) is 33.1 Å². The molecule has 3 aromatic rings. The minimum absolute atomic E-state index is 0.191. The first-order valence-corrected chi connectivity index (χ1v) is 8.86. The monoisotopic (exact) mass is 350 g/mol. The Morgan fingerprint density at radius 1 is 1.12 bits per heavy atom. The van der Waals surface area contributed by atoms with Crippen molar-refractivity contribution >= 4 is 17.5 Å². The van der Waals surface area contributed by atoms with E-state index >= 15 is 0 Å². The van der Waals surface area contributed by atoms with Crippen LogP contribution >= 0.6 is 0 Å². The molecule has 2 aromatic heterocycles. The number of rotatable bonds is 3. The van der Waals surface area contributed by atoms with Crippen molar-refractivity contribution in [3.05, 3.63) is 53.5 Å². The van der Waals surface area contributed by atoms with Gasteiger partial charge in [0.05, 0.1) is 6.42 Å². The van der Waals surface area contributed by atoms with Gasteiger partial charge in [-0.25, -0.2) is 0 Å². The summed E-state index contributed by atoms with van der Waals surface area (Å²) >= 11 is 0. The van der Waals surface area contributed by atoms with Crippen molar-refractivity contribution < 1.29 is 4.79 Å². The van der Waals surface area contributed by atoms with E-state index < -0.39 is 0 Å². The van der Waals surface area contributed by atoms with Crippen LogP contribution < -0.4 is 4.90 Å². The van der Waals surface area contributed by atoms with E-state index in [0.29, 0.717) is 25.3 Å². The standard InChI is InChI=1S/C19H22N6O/c1-14-5-3-4-6-16(14)12-18(26)24-9-7-23(8-10-24)17-11-15(2)25-13-20-22-19(25)21-17/h3-6,11,13H,7-10,12H2,1-2H3. The molecule has 1 fully saturated rings. The molecule has 0 unspecified atom stereocenters. The molecule has 7 nitrogen and oxygen atoms in total. The lowest BCUT2D eigenvalue weighted by Crippen LogP contribution is -2.49. The number of piperazine rings is 1. The van der Waals surface area contributed by atoms with Crippen LogP contribution in [-0.4, -0.2) is 56.6 Å². The van der Waals surface area contributed by atoms with Gasteiger partial charge in [0.15, 0.2) is 0 Å². The number of hydrogen-bond acceptors (Lipinski definition) is 5. The largest absolute Gasteiger partial charge is 0.353 e. The topological polar surface area (TPSA) is 66.6 Å². The van der Waals surface area contributed by atoms with Crippen molar-refractivity contribution in [1.29, 1.82) is 0 Å². The first-order chi connectivity index (χ1) is 12.6. The van der Waals surface area contributed by atoms with Crippen LogP contribution in [0.2, 0.25) is 0 Å². The van der Waals surface area contributed by atoms with Gasteiger partial charge in [0, 0.05) is 37.9 Å². The summed E-state index contributed by atoms with van der Waals surface area (Å²) in [4.78, 5) is 21.4. The number of nitrogens with zero attached hydrogens (tertiary/aromatic N) is 6. The number of aromatic nitrogens is 4. The van der Waals surface area contributed by atoms with Gasteiger partial charge in [0.1, 0.15) is 12.1 Å². The zero-order chi connectivity index (χ0) is 18.1. The Morgan fingerprint density at radius 3 is 2.65 bits per heavy atom. The Balaban J connectivity index is 1.41. The summed E-state index contributed by atoms with van der Waals surface area (Å²) < 4.78 is 1.87. The van der Waals surface area contributed by atoms with E-state index in [9.17, 15) is 4.79 Å². The molecule has 1 aliphatic heterocycles. The van der Waals surface area contributed by atoms with Gasteiger partial charge < -0.3 is 9.80 Å². The summed E-state index contributed by atoms with van der Waals surface area (Å²) in [6, 6.07) is 10.1. The van der Waals surface area contributed by atoms with Gasteiger partial charge in [0.2, 0.25) is 5.91 Å². The number of aryl methyl sites for hydroxylation is 2. The molecular formula is C19H22N6O. The third-order valence-electron chi connectivity index (χ3n) is 5.02. The molecular weight excluding hydrogens is 328 g/mol. The fourth-order valence-corrected chi connectivity index (χ4v) is 3.38. The van der Waals surface area contributed by atoms with Gasteiger partial charge in [-0.2, -0.15) is 4.98 Å². The number of amides is 1. The summed E-state index contributed by atoms with van der Waals surface area (Å²) in [5.74, 6) is 1.70. The fourth-order valence-electron chi connectivity index (χ4n) is 3.38. The third-order valence-corrected chi connectivity index (χ3v) is 5.02. The molecule has 1 aliphatic rings. The van der Waals surface area contributed by atoms with Crippen molar-refractivity contribution in [3.63, 3.8) is 0 Å². The molecule has 134 valence electrons. The summed E-state index contributed by atoms with van der Waals surface area (Å²) in [5, 5.41) is 7.95. The van der Waals surface area contributed by atoms with Crippen LogP contribution in [0, 0.1) is 13.8 Å². The lowest BCUT2D eigenvalue weighted by Gasteiger charge is -2.35. The Labute approximate surface area is 152 Å². The van der Waals surface area contributed by atoms with Crippen molar-refractivity contribution in [1.82, 2.24) is 24.5 Å². The van der Waals surface area contributed by atoms with Gasteiger partial charge in [-0.15, -0.1) is 10.2 Å². The van der Waals surface area contributed by atoms with Gasteiger partial charge in [-0.1, -0.05) is 24.3 Å². The van der Waals surface area contributed by atoms with Crippen molar-refractivity contribution in [2.75, 3.05) is 31.1 Å². The molecule has 1 saturated heterocycles. The predicted octanol–water partition coefficient (Wildman–Crippen LogP) is 1.63. The van der Waals surface area contributed by atoms with Crippen LogP contribution in [0.4, 0.5) is 5.82 Å². The predicted molar refractivity (Wildman–Crippen MR) is 99.2 cm³/mol. The number of hydrogen-bond donors (Lipinski definition) is 0. The highest BCUT2D eigenvalue weighted by molar-refractivity contribution is 5.79. The van der Waals surface area contributed by atoms with E-state index in [1.807, 2.05) is 40.5 Å². The SMILES string of the molecule is Cc1ccccc1CC(=O)N1CCN(c2cc(C)n3cnnc3n2)CC1. The Hall–Kier alpha value is -2.96. The summed E-state index contributed by atoms with van der Waals surface area (Å²) in [7, 11) is 0. The van der Waals surface area contributed by atoms with E-state index in [1.54, 1.807) is 6.33 Å². The minimum atomic E-state index is 0.191. The molecule has 0 spiro atoms. The van der Waals surface area contributed by atoms with Crippen LogP contribution in [0.25, 0.3) is 5.78 Å². The number of carbonyl (C=O) groups is 1. The third kappa shape index (κ3) is 3.12. The number of carbonyl (C=O) groups excluding carboxylic acids is 1. The molecule has 0 atom stereocenters. The zero-order valence-corrected chi connectivity index (χ0v) is 15.1. The maximum atomic E-state index is 12.6. The van der Waals surface area contributed by atoms with E-state index in [0.717, 1.165) is 30.2 Å². The summed E-state index contributed by atoms with van der Waals surface area (Å²) in [6.45, 7) is 7.04. The summed E-state index contributed by atoms with van der Waals surface area (Å²) in [6.07, 6.45) is 2.14. The van der Waals surface area contributed by atoms with Gasteiger partial charge >= 0.3 is 0 Å². The van der Waals surface area contributed by atoms with Crippen LogP contribution in [0.1, 0.15) is 16.8 Å². The van der Waals surface area contributed by atoms with Gasteiger partial charge in [-0.3, -0.25) is 9.20 Å². The van der Waals surface area contributed by atoms with E-state index in [-0.39, 0.29) is 5.91 Å². The van der Waals surface area contributed by atoms with E-state index in [4.69, 9.17) is 0 Å². The first-order valence-electron chi connectivity index (χ1n) is 8.86. The highest BCUT2D eigenvalue weighted by Gasteiger charge is 2.23. The number of fused-ring (bicyclic) bond motifs is 1. The van der Waals surface area contributed by atoms with Gasteiger partial charge in [0.25, 0.3) is 5.78 Å². The van der Waals surface area contributed by atoms with E-state index in [1.165, 1.54) is 5.56 Å². The lowest BCUT2D eigenvalue weighted by molar-refractivity contribution is -0.130. The second-order valence-electron chi connectivity index (χ2n) is 6.73. The molecule has 1 aromatic carbocycles. The molecule has 3 heterocycles. The highest BCUT2D eigenvalue weighted by atomic mass is 16.2. The smallest absolute Gasteiger partial charge is 0.256 e. The fraction of sp³-hybridized carbons (Fsp3) is 0.368. The normalized spacial score (nSPS) is 14.8. The van der Waals surface area contributed by atoms with Gasteiger partial charge in [-0.05, 0) is 25.0 Å². The minimum Gasteiger partial charge on any atom is -0.353 e. The van der Waals surface area contributed by atoms with Crippen molar-refractivity contribution in [3.8, 4) is 0 Å². The molecule has 1 amide bonds. The first kappa shape index (κ1) is 16.5. The average Bonchev–Trinajstić information content (AvgIpc) is 3.13. The Kier molecular flexibility index (Phi) is 4.28. The quantitative estimate of drug-likeness (QED) is 0.718. The molecule has 0 bridgehead atoms. The lowest BCUT2D eigenvalue weighted by atomic mass is 10.1. The number of benzene rings is 1.